The monoisotopic (exact) mass is 703 g/mol. The summed E-state index contributed by atoms with van der Waals surface area (Å²) in [6, 6.07) is 4.37. The lowest BCUT2D eigenvalue weighted by Gasteiger charge is -2.47. The van der Waals surface area contributed by atoms with E-state index in [1.807, 2.05) is 32.2 Å². The number of thioether (sulfide) groups is 1. The summed E-state index contributed by atoms with van der Waals surface area (Å²) < 4.78 is 41.0. The number of rotatable bonds is 8. The number of hydrogen-bond acceptors (Lipinski definition) is 11. The summed E-state index contributed by atoms with van der Waals surface area (Å²) in [5.41, 5.74) is -0.160. The number of pyridine rings is 1. The van der Waals surface area contributed by atoms with Crippen LogP contribution in [0.5, 0.6) is 5.19 Å². The van der Waals surface area contributed by atoms with Crippen LogP contribution >= 0.6 is 39.0 Å². The van der Waals surface area contributed by atoms with Crippen LogP contribution in [0, 0.1) is 11.3 Å². The molecule has 4 aliphatic rings. The van der Waals surface area contributed by atoms with E-state index in [0.29, 0.717) is 41.3 Å². The third-order valence-corrected chi connectivity index (χ3v) is 12.4. The van der Waals surface area contributed by atoms with Crippen LogP contribution in [0.3, 0.4) is 0 Å². The lowest BCUT2D eigenvalue weighted by atomic mass is 9.55. The molecule has 3 fully saturated rings. The Morgan fingerprint density at radius 3 is 2.70 bits per heavy atom. The van der Waals surface area contributed by atoms with Crippen molar-refractivity contribution in [1.82, 2.24) is 20.1 Å². The maximum atomic E-state index is 15.5. The Labute approximate surface area is 273 Å². The minimum absolute atomic E-state index is 0.0250. The first kappa shape index (κ1) is 30.6. The topological polar surface area (TPSA) is 95.6 Å². The van der Waals surface area contributed by atoms with E-state index in [1.165, 1.54) is 11.3 Å². The third-order valence-electron chi connectivity index (χ3n) is 10.1. The Morgan fingerprint density at radius 2 is 1.95 bits per heavy atom. The molecule has 6 heterocycles. The molecule has 0 radical (unpaired) electrons. The first-order valence-electron chi connectivity index (χ1n) is 15.1. The standard InChI is InChI=1S/C30H36BBrFN5O4S2/c1-16(14-30-15-29(5)28(3,4)41-31(42-29)23(30)19(33)13-21(30)43-6)24-36-26(40-37-24)38-11-9-18(10-12-38)17(2)39-27-34-20-7-8-22(32)35-25(20)44-27/h7-8,13,16-18H,9-12,14-15H2,1-6H3. The van der Waals surface area contributed by atoms with Gasteiger partial charge in [-0.1, -0.05) is 23.4 Å². The van der Waals surface area contributed by atoms with E-state index in [4.69, 9.17) is 23.6 Å². The van der Waals surface area contributed by atoms with Crippen molar-refractivity contribution in [1.29, 1.82) is 0 Å². The van der Waals surface area contributed by atoms with Crippen molar-refractivity contribution >= 4 is 62.5 Å². The molecule has 0 amide bonds. The van der Waals surface area contributed by atoms with E-state index < -0.39 is 23.7 Å². The van der Waals surface area contributed by atoms with Crippen LogP contribution in [0.15, 0.2) is 43.5 Å². The molecule has 14 heteroatoms. The first-order chi connectivity index (χ1) is 20.9. The number of aromatic nitrogens is 4. The molecule has 3 saturated heterocycles. The Balaban J connectivity index is 1.01. The van der Waals surface area contributed by atoms with Crippen molar-refractivity contribution in [2.45, 2.75) is 83.5 Å². The van der Waals surface area contributed by atoms with Gasteiger partial charge in [-0.25, -0.2) is 14.4 Å². The molecule has 3 aromatic rings. The minimum atomic E-state index is -0.696. The highest BCUT2D eigenvalue weighted by Crippen LogP contribution is 2.65. The number of hydrogen-bond donors (Lipinski definition) is 0. The molecule has 2 bridgehead atoms. The molecule has 0 spiro atoms. The SMILES string of the molecule is CSC1=CC(F)=C2B3OC(C)(C)C(C)(CC12CC(C)c1noc(N2CCC(C(C)Oc4nc5ccc(Br)nc5s4)CC2)n1)O3. The third kappa shape index (κ3) is 5.03. The van der Waals surface area contributed by atoms with Gasteiger partial charge in [-0.2, -0.15) is 4.98 Å². The molecule has 4 atom stereocenters. The van der Waals surface area contributed by atoms with Crippen molar-refractivity contribution in [2.75, 3.05) is 24.2 Å². The molecular formula is C30H36BBrFN5O4S2. The van der Waals surface area contributed by atoms with Crippen LogP contribution in [0.2, 0.25) is 0 Å². The van der Waals surface area contributed by atoms with Gasteiger partial charge in [0.1, 0.15) is 26.9 Å². The predicted molar refractivity (Wildman–Crippen MR) is 175 cm³/mol. The van der Waals surface area contributed by atoms with Crippen molar-refractivity contribution in [2.24, 2.45) is 11.3 Å². The molecule has 0 aromatic carbocycles. The van der Waals surface area contributed by atoms with Gasteiger partial charge in [-0.05, 0) is 105 Å². The molecule has 0 N–H and O–H groups in total. The summed E-state index contributed by atoms with van der Waals surface area (Å²) in [4.78, 5) is 17.9. The van der Waals surface area contributed by atoms with Gasteiger partial charge in [0.25, 0.3) is 5.19 Å². The highest BCUT2D eigenvalue weighted by atomic mass is 79.9. The molecule has 3 aliphatic heterocycles. The fourth-order valence-corrected chi connectivity index (χ4v) is 9.48. The quantitative estimate of drug-likeness (QED) is 0.173. The lowest BCUT2D eigenvalue weighted by Crippen LogP contribution is -2.51. The van der Waals surface area contributed by atoms with Gasteiger partial charge in [0.15, 0.2) is 5.82 Å². The largest absolute Gasteiger partial charge is 0.494 e. The number of thiazole rings is 1. The molecule has 44 heavy (non-hydrogen) atoms. The molecule has 0 saturated carbocycles. The number of allylic oxidation sites excluding steroid dienone is 4. The number of piperidine rings is 1. The van der Waals surface area contributed by atoms with Crippen LogP contribution in [-0.2, 0) is 9.31 Å². The van der Waals surface area contributed by atoms with Crippen molar-refractivity contribution in [3.63, 3.8) is 0 Å². The fraction of sp³-hybridized carbons (Fsp3) is 0.600. The number of nitrogens with zero attached hydrogens (tertiary/aromatic N) is 5. The molecule has 3 aromatic heterocycles. The van der Waals surface area contributed by atoms with Crippen molar-refractivity contribution < 1.29 is 23.0 Å². The predicted octanol–water partition coefficient (Wildman–Crippen LogP) is 7.50. The van der Waals surface area contributed by atoms with Crippen LogP contribution in [0.1, 0.15) is 72.0 Å². The summed E-state index contributed by atoms with van der Waals surface area (Å²) in [5.74, 6) is 0.715. The first-order valence-corrected chi connectivity index (χ1v) is 17.9. The van der Waals surface area contributed by atoms with Gasteiger partial charge < -0.3 is 23.5 Å². The van der Waals surface area contributed by atoms with Crippen molar-refractivity contribution in [3.8, 4) is 5.19 Å². The van der Waals surface area contributed by atoms with E-state index in [9.17, 15) is 0 Å². The summed E-state index contributed by atoms with van der Waals surface area (Å²) in [6.07, 6.45) is 6.86. The Hall–Kier alpha value is -2.00. The van der Waals surface area contributed by atoms with Gasteiger partial charge >= 0.3 is 13.1 Å². The van der Waals surface area contributed by atoms with Crippen molar-refractivity contribution in [3.05, 3.63) is 44.8 Å². The minimum Gasteiger partial charge on any atom is -0.467 e. The molecule has 1 aliphatic carbocycles. The van der Waals surface area contributed by atoms with Gasteiger partial charge in [-0.15, -0.1) is 11.8 Å². The number of anilines is 1. The molecule has 9 nitrogen and oxygen atoms in total. The normalized spacial score (nSPS) is 28.0. The van der Waals surface area contributed by atoms with Gasteiger partial charge in [0.05, 0.1) is 11.2 Å². The van der Waals surface area contributed by atoms with Gasteiger partial charge in [0.2, 0.25) is 0 Å². The average Bonchev–Trinajstić information content (AvgIpc) is 3.71. The zero-order valence-electron chi connectivity index (χ0n) is 25.7. The second kappa shape index (κ2) is 11.1. The fourth-order valence-electron chi connectivity index (χ4n) is 7.30. The smallest absolute Gasteiger partial charge is 0.467 e. The molecule has 4 unspecified atom stereocenters. The highest BCUT2D eigenvalue weighted by Gasteiger charge is 2.68. The van der Waals surface area contributed by atoms with E-state index >= 15 is 4.39 Å². The number of fused-ring (bicyclic) bond motifs is 5. The summed E-state index contributed by atoms with van der Waals surface area (Å²) in [6.45, 7) is 12.0. The summed E-state index contributed by atoms with van der Waals surface area (Å²) >= 11 is 6.49. The molecular weight excluding hydrogens is 668 g/mol. The number of halogens is 2. The Bertz CT molecular complexity index is 1660. The summed E-state index contributed by atoms with van der Waals surface area (Å²) in [5, 5.41) is 5.06. The van der Waals surface area contributed by atoms with Crippen LogP contribution in [0.25, 0.3) is 10.3 Å². The van der Waals surface area contributed by atoms with Gasteiger partial charge in [-0.3, -0.25) is 0 Å². The Kier molecular flexibility index (Phi) is 7.71. The second-order valence-corrected chi connectivity index (χ2v) is 15.8. The number of ether oxygens (including phenoxy) is 1. The maximum absolute atomic E-state index is 15.5. The van der Waals surface area contributed by atoms with E-state index in [-0.39, 0.29) is 17.8 Å². The molecule has 7 rings (SSSR count). The van der Waals surface area contributed by atoms with Gasteiger partial charge in [0, 0.05) is 29.9 Å². The highest BCUT2D eigenvalue weighted by molar-refractivity contribution is 9.10. The Morgan fingerprint density at radius 1 is 1.18 bits per heavy atom. The second-order valence-electron chi connectivity index (χ2n) is 13.2. The molecule has 234 valence electrons. The van der Waals surface area contributed by atoms with E-state index in [0.717, 1.165) is 45.8 Å². The maximum Gasteiger partial charge on any atom is 0.494 e. The average molecular weight is 704 g/mol. The van der Waals surface area contributed by atoms with Crippen LogP contribution in [0.4, 0.5) is 10.4 Å². The zero-order chi connectivity index (χ0) is 31.0. The van der Waals surface area contributed by atoms with E-state index in [1.54, 1.807) is 17.8 Å². The van der Waals surface area contributed by atoms with Crippen LogP contribution < -0.4 is 9.64 Å². The zero-order valence-corrected chi connectivity index (χ0v) is 28.9. The summed E-state index contributed by atoms with van der Waals surface area (Å²) in [7, 11) is -0.696. The van der Waals surface area contributed by atoms with E-state index in [2.05, 4.69) is 56.7 Å². The lowest BCUT2D eigenvalue weighted by molar-refractivity contribution is -0.0356. The van der Waals surface area contributed by atoms with Crippen LogP contribution in [-0.4, -0.2) is 63.9 Å².